The molecule has 0 radical (unpaired) electrons. The van der Waals surface area contributed by atoms with E-state index in [-0.39, 0.29) is 5.41 Å². The van der Waals surface area contributed by atoms with E-state index in [9.17, 15) is 0 Å². The molecule has 2 aliphatic rings. The highest BCUT2D eigenvalue weighted by molar-refractivity contribution is 6.26. The van der Waals surface area contributed by atoms with Crippen molar-refractivity contribution < 1.29 is 0 Å². The lowest BCUT2D eigenvalue weighted by atomic mass is 9.75. The van der Waals surface area contributed by atoms with Crippen molar-refractivity contribution in [2.24, 2.45) is 0 Å². The maximum Gasteiger partial charge on any atom is 0.0296 e. The highest BCUT2D eigenvalue weighted by Crippen LogP contribution is 2.56. The molecule has 0 unspecified atom stereocenters. The average Bonchev–Trinajstić information content (AvgIpc) is 3.69. The van der Waals surface area contributed by atoms with Gasteiger partial charge in [-0.25, -0.2) is 0 Å². The van der Waals surface area contributed by atoms with Crippen molar-refractivity contribution in [3.05, 3.63) is 192 Å². The van der Waals surface area contributed by atoms with E-state index in [0.717, 1.165) is 12.8 Å². The number of hydrogen-bond acceptors (Lipinski definition) is 0. The number of rotatable bonds is 2. The second kappa shape index (κ2) is 10.0. The number of hydrogen-bond donors (Lipinski definition) is 0. The fraction of sp³-hybridized carbons (Fsp3) is 0.0612. The predicted octanol–water partition coefficient (Wildman–Crippen LogP) is 12.7. The van der Waals surface area contributed by atoms with Crippen LogP contribution in [0.1, 0.15) is 22.3 Å². The van der Waals surface area contributed by atoms with Crippen LogP contribution in [0.15, 0.2) is 170 Å². The quantitative estimate of drug-likeness (QED) is 0.169. The van der Waals surface area contributed by atoms with Crippen LogP contribution in [0.25, 0.3) is 76.5 Å². The van der Waals surface area contributed by atoms with Gasteiger partial charge in [0, 0.05) is 5.41 Å². The van der Waals surface area contributed by atoms with Crippen molar-refractivity contribution in [1.82, 2.24) is 0 Å². The maximum atomic E-state index is 2.54. The monoisotopic (exact) mass is 620 g/mol. The third-order valence-electron chi connectivity index (χ3n) is 11.6. The van der Waals surface area contributed by atoms with Crippen LogP contribution in [-0.4, -0.2) is 0 Å². The summed E-state index contributed by atoms with van der Waals surface area (Å²) in [6.07, 6.45) is 2.10. The molecular formula is C49H32. The normalized spacial score (nSPS) is 14.1. The molecule has 0 heterocycles. The van der Waals surface area contributed by atoms with Crippen molar-refractivity contribution in [3.8, 4) is 33.4 Å². The lowest BCUT2D eigenvalue weighted by molar-refractivity contribution is 0.564. The molecule has 2 aliphatic carbocycles. The SMILES string of the molecule is c1ccc2c(c1)CC1(C2)c2ccccc2-c2ccc(-c3cc4cc(-c5ccc6ccccc6c5)c5ccccc5c4c4ccccc34)cc21. The first-order valence-electron chi connectivity index (χ1n) is 17.4. The van der Waals surface area contributed by atoms with Crippen LogP contribution in [0.2, 0.25) is 0 Å². The van der Waals surface area contributed by atoms with Gasteiger partial charge in [-0.1, -0.05) is 146 Å². The Labute approximate surface area is 285 Å². The highest BCUT2D eigenvalue weighted by Gasteiger charge is 2.47. The molecule has 0 saturated carbocycles. The van der Waals surface area contributed by atoms with Gasteiger partial charge in [0.2, 0.25) is 0 Å². The van der Waals surface area contributed by atoms with E-state index in [0.29, 0.717) is 0 Å². The minimum absolute atomic E-state index is 0.0300. The molecule has 49 heavy (non-hydrogen) atoms. The summed E-state index contributed by atoms with van der Waals surface area (Å²) >= 11 is 0. The minimum Gasteiger partial charge on any atom is -0.0620 e. The van der Waals surface area contributed by atoms with Crippen LogP contribution < -0.4 is 0 Å². The zero-order valence-corrected chi connectivity index (χ0v) is 27.1. The van der Waals surface area contributed by atoms with Gasteiger partial charge in [0.15, 0.2) is 0 Å². The van der Waals surface area contributed by atoms with Gasteiger partial charge in [0.1, 0.15) is 0 Å². The van der Waals surface area contributed by atoms with Crippen molar-refractivity contribution >= 4 is 43.1 Å². The molecular weight excluding hydrogens is 589 g/mol. The molecule has 0 N–H and O–H groups in total. The van der Waals surface area contributed by atoms with E-state index in [2.05, 4.69) is 170 Å². The molecule has 0 saturated heterocycles. The van der Waals surface area contributed by atoms with E-state index in [1.54, 1.807) is 0 Å². The van der Waals surface area contributed by atoms with Crippen LogP contribution in [0.3, 0.4) is 0 Å². The first-order chi connectivity index (χ1) is 24.2. The van der Waals surface area contributed by atoms with Crippen LogP contribution >= 0.6 is 0 Å². The van der Waals surface area contributed by atoms with Crippen molar-refractivity contribution in [1.29, 1.82) is 0 Å². The molecule has 1 spiro atoms. The van der Waals surface area contributed by atoms with E-state index < -0.39 is 0 Å². The zero-order chi connectivity index (χ0) is 32.1. The first kappa shape index (κ1) is 27.0. The second-order valence-electron chi connectivity index (χ2n) is 14.1. The van der Waals surface area contributed by atoms with Gasteiger partial charge in [-0.3, -0.25) is 0 Å². The van der Waals surface area contributed by atoms with E-state index in [4.69, 9.17) is 0 Å². The van der Waals surface area contributed by atoms with E-state index in [1.807, 2.05) is 0 Å². The molecule has 0 fully saturated rings. The van der Waals surface area contributed by atoms with Gasteiger partial charge in [0.05, 0.1) is 0 Å². The van der Waals surface area contributed by atoms with Crippen molar-refractivity contribution in [2.75, 3.05) is 0 Å². The molecule has 0 amide bonds. The summed E-state index contributed by atoms with van der Waals surface area (Å²) in [4.78, 5) is 0. The van der Waals surface area contributed by atoms with Gasteiger partial charge in [-0.15, -0.1) is 0 Å². The Bertz CT molecular complexity index is 2810. The van der Waals surface area contributed by atoms with Crippen LogP contribution in [0, 0.1) is 0 Å². The average molecular weight is 621 g/mol. The molecule has 0 aliphatic heterocycles. The Hall–Kier alpha value is -5.98. The third kappa shape index (κ3) is 3.80. The van der Waals surface area contributed by atoms with Crippen molar-refractivity contribution in [3.63, 3.8) is 0 Å². The highest BCUT2D eigenvalue weighted by atomic mass is 14.5. The molecule has 0 bridgehead atoms. The smallest absolute Gasteiger partial charge is 0.0296 e. The second-order valence-corrected chi connectivity index (χ2v) is 14.1. The molecule has 11 rings (SSSR count). The lowest BCUT2D eigenvalue weighted by Crippen LogP contribution is -2.25. The molecule has 0 nitrogen and oxygen atoms in total. The van der Waals surface area contributed by atoms with Gasteiger partial charge in [0.25, 0.3) is 0 Å². The Morgan fingerprint density at radius 1 is 0.327 bits per heavy atom. The summed E-state index contributed by atoms with van der Waals surface area (Å²) < 4.78 is 0. The zero-order valence-electron chi connectivity index (χ0n) is 27.1. The van der Waals surface area contributed by atoms with E-state index >= 15 is 0 Å². The van der Waals surface area contributed by atoms with Gasteiger partial charge in [-0.2, -0.15) is 0 Å². The van der Waals surface area contributed by atoms with Crippen LogP contribution in [-0.2, 0) is 18.3 Å². The van der Waals surface area contributed by atoms with Gasteiger partial charge in [-0.05, 0) is 136 Å². The first-order valence-corrected chi connectivity index (χ1v) is 17.4. The Balaban J connectivity index is 1.17. The number of benzene rings is 9. The molecule has 9 aromatic rings. The largest absolute Gasteiger partial charge is 0.0620 e. The summed E-state index contributed by atoms with van der Waals surface area (Å²) in [5.74, 6) is 0. The lowest BCUT2D eigenvalue weighted by Gasteiger charge is -2.27. The Morgan fingerprint density at radius 2 is 0.857 bits per heavy atom. The molecule has 0 atom stereocenters. The van der Waals surface area contributed by atoms with Crippen molar-refractivity contribution in [2.45, 2.75) is 18.3 Å². The number of fused-ring (bicyclic) bond motifs is 12. The summed E-state index contributed by atoms with van der Waals surface area (Å²) in [5, 5.41) is 10.4. The molecule has 0 heteroatoms. The molecule has 228 valence electrons. The fourth-order valence-electron chi connectivity index (χ4n) is 9.43. The topological polar surface area (TPSA) is 0 Å². The maximum absolute atomic E-state index is 2.54. The summed E-state index contributed by atoms with van der Waals surface area (Å²) in [6.45, 7) is 0. The Kier molecular flexibility index (Phi) is 5.52. The minimum atomic E-state index is -0.0300. The summed E-state index contributed by atoms with van der Waals surface area (Å²) in [7, 11) is 0. The summed E-state index contributed by atoms with van der Waals surface area (Å²) in [5.41, 5.74) is 13.8. The third-order valence-corrected chi connectivity index (χ3v) is 11.6. The standard InChI is InChI=1S/C49H32/c1-2-12-32-25-33(22-21-31(32)11-1)44-26-37-27-45(39-16-6-8-19-43(39)48(37)42-18-7-5-15-38(42)44)34-23-24-41-40-17-9-10-20-46(40)49(47(41)28-34)29-35-13-3-4-14-36(35)30-49/h1-28H,29-30H2. The fourth-order valence-corrected chi connectivity index (χ4v) is 9.43. The van der Waals surface area contributed by atoms with E-state index in [1.165, 1.54) is 98.7 Å². The van der Waals surface area contributed by atoms with Crippen LogP contribution in [0.4, 0.5) is 0 Å². The van der Waals surface area contributed by atoms with Gasteiger partial charge < -0.3 is 0 Å². The predicted molar refractivity (Wildman–Crippen MR) is 207 cm³/mol. The van der Waals surface area contributed by atoms with Crippen LogP contribution in [0.5, 0.6) is 0 Å². The Morgan fingerprint density at radius 3 is 1.57 bits per heavy atom. The van der Waals surface area contributed by atoms with Gasteiger partial charge >= 0.3 is 0 Å². The summed E-state index contributed by atoms with van der Waals surface area (Å²) in [6, 6.07) is 64.0. The molecule has 9 aromatic carbocycles. The molecule has 0 aromatic heterocycles.